The fourth-order valence-electron chi connectivity index (χ4n) is 2.92. The van der Waals surface area contributed by atoms with Crippen LogP contribution in [-0.4, -0.2) is 20.7 Å². The van der Waals surface area contributed by atoms with Gasteiger partial charge in [-0.15, -0.1) is 0 Å². The molecular formula is C16H28N2O. The van der Waals surface area contributed by atoms with Gasteiger partial charge in [0.15, 0.2) is 0 Å². The molecule has 3 heteroatoms. The van der Waals surface area contributed by atoms with Gasteiger partial charge in [0.2, 0.25) is 0 Å². The smallest absolute Gasteiger partial charge is 0.124 e. The summed E-state index contributed by atoms with van der Waals surface area (Å²) in [5.74, 6) is 0.960. The Kier molecular flexibility index (Phi) is 5.39. The SMILES string of the molecule is CNC(c1c(C)cc(C)cc1OC)C(C)(C)CCN. The largest absolute Gasteiger partial charge is 0.496 e. The Morgan fingerprint density at radius 3 is 2.42 bits per heavy atom. The van der Waals surface area contributed by atoms with Crippen LogP contribution in [0.25, 0.3) is 0 Å². The van der Waals surface area contributed by atoms with Gasteiger partial charge in [-0.2, -0.15) is 0 Å². The molecule has 0 saturated carbocycles. The van der Waals surface area contributed by atoms with E-state index in [1.807, 2.05) is 7.05 Å². The second kappa shape index (κ2) is 6.40. The molecule has 0 radical (unpaired) electrons. The standard InChI is InChI=1S/C16H28N2O/c1-11-9-12(2)14(13(10-11)19-6)15(18-5)16(3,4)7-8-17/h9-10,15,18H,7-8,17H2,1-6H3. The van der Waals surface area contributed by atoms with Crippen LogP contribution in [0.4, 0.5) is 0 Å². The van der Waals surface area contributed by atoms with Gasteiger partial charge in [0, 0.05) is 11.6 Å². The van der Waals surface area contributed by atoms with Crippen molar-refractivity contribution in [3.63, 3.8) is 0 Å². The molecule has 0 saturated heterocycles. The Morgan fingerprint density at radius 1 is 1.32 bits per heavy atom. The zero-order valence-corrected chi connectivity index (χ0v) is 13.1. The molecule has 1 rings (SSSR count). The second-order valence-electron chi connectivity index (χ2n) is 5.95. The zero-order chi connectivity index (χ0) is 14.6. The average Bonchev–Trinajstić information content (AvgIpc) is 2.31. The third-order valence-corrected chi connectivity index (χ3v) is 3.86. The van der Waals surface area contributed by atoms with Crippen molar-refractivity contribution in [2.24, 2.45) is 11.1 Å². The summed E-state index contributed by atoms with van der Waals surface area (Å²) < 4.78 is 5.59. The van der Waals surface area contributed by atoms with E-state index in [0.717, 1.165) is 12.2 Å². The van der Waals surface area contributed by atoms with E-state index in [2.05, 4.69) is 45.1 Å². The Balaban J connectivity index is 3.32. The number of nitrogens with one attached hydrogen (secondary N) is 1. The Hall–Kier alpha value is -1.06. The lowest BCUT2D eigenvalue weighted by atomic mass is 9.76. The second-order valence-corrected chi connectivity index (χ2v) is 5.95. The van der Waals surface area contributed by atoms with Gasteiger partial charge >= 0.3 is 0 Å². The lowest BCUT2D eigenvalue weighted by Crippen LogP contribution is -2.34. The molecule has 108 valence electrons. The van der Waals surface area contributed by atoms with Crippen LogP contribution < -0.4 is 15.8 Å². The van der Waals surface area contributed by atoms with Crippen molar-refractivity contribution in [1.82, 2.24) is 5.32 Å². The number of hydrogen-bond donors (Lipinski definition) is 2. The van der Waals surface area contributed by atoms with Crippen molar-refractivity contribution < 1.29 is 4.74 Å². The number of benzene rings is 1. The van der Waals surface area contributed by atoms with Gasteiger partial charge in [-0.3, -0.25) is 0 Å². The summed E-state index contributed by atoms with van der Waals surface area (Å²) in [6.45, 7) is 9.43. The summed E-state index contributed by atoms with van der Waals surface area (Å²) in [6, 6.07) is 4.54. The molecule has 0 amide bonds. The van der Waals surface area contributed by atoms with Gasteiger partial charge in [0.05, 0.1) is 7.11 Å². The number of hydrogen-bond acceptors (Lipinski definition) is 3. The Labute approximate surface area is 117 Å². The van der Waals surface area contributed by atoms with Crippen molar-refractivity contribution in [1.29, 1.82) is 0 Å². The fraction of sp³-hybridized carbons (Fsp3) is 0.625. The van der Waals surface area contributed by atoms with Crippen molar-refractivity contribution in [3.8, 4) is 5.75 Å². The van der Waals surface area contributed by atoms with Gasteiger partial charge in [0.1, 0.15) is 5.75 Å². The normalized spacial score (nSPS) is 13.4. The topological polar surface area (TPSA) is 47.3 Å². The van der Waals surface area contributed by atoms with Gasteiger partial charge in [-0.1, -0.05) is 19.9 Å². The molecular weight excluding hydrogens is 236 g/mol. The number of rotatable bonds is 6. The maximum Gasteiger partial charge on any atom is 0.124 e. The molecule has 0 aliphatic heterocycles. The van der Waals surface area contributed by atoms with Gasteiger partial charge in [0.25, 0.3) is 0 Å². The van der Waals surface area contributed by atoms with Gasteiger partial charge in [-0.25, -0.2) is 0 Å². The van der Waals surface area contributed by atoms with E-state index in [0.29, 0.717) is 6.54 Å². The van der Waals surface area contributed by atoms with Crippen LogP contribution in [0.15, 0.2) is 12.1 Å². The highest BCUT2D eigenvalue weighted by Crippen LogP contribution is 2.41. The summed E-state index contributed by atoms with van der Waals surface area (Å²) >= 11 is 0. The van der Waals surface area contributed by atoms with E-state index in [9.17, 15) is 0 Å². The van der Waals surface area contributed by atoms with Crippen molar-refractivity contribution in [3.05, 3.63) is 28.8 Å². The maximum absolute atomic E-state index is 5.76. The van der Waals surface area contributed by atoms with Crippen molar-refractivity contribution in [2.45, 2.75) is 40.2 Å². The molecule has 19 heavy (non-hydrogen) atoms. The first-order valence-electron chi connectivity index (χ1n) is 6.89. The molecule has 0 aliphatic rings. The molecule has 1 unspecified atom stereocenters. The first-order chi connectivity index (χ1) is 8.87. The highest BCUT2D eigenvalue weighted by Gasteiger charge is 2.32. The summed E-state index contributed by atoms with van der Waals surface area (Å²) in [5, 5.41) is 3.44. The van der Waals surface area contributed by atoms with Gasteiger partial charge in [-0.05, 0) is 56.5 Å². The molecule has 0 fully saturated rings. The van der Waals surface area contributed by atoms with E-state index in [1.54, 1.807) is 7.11 Å². The molecule has 3 N–H and O–H groups in total. The van der Waals surface area contributed by atoms with Gasteiger partial charge < -0.3 is 15.8 Å². The number of methoxy groups -OCH3 is 1. The predicted molar refractivity (Wildman–Crippen MR) is 81.7 cm³/mol. The van der Waals surface area contributed by atoms with E-state index < -0.39 is 0 Å². The molecule has 0 spiro atoms. The summed E-state index contributed by atoms with van der Waals surface area (Å²) in [5.41, 5.74) is 9.58. The van der Waals surface area contributed by atoms with Crippen molar-refractivity contribution in [2.75, 3.05) is 20.7 Å². The molecule has 1 aromatic rings. The van der Waals surface area contributed by atoms with Crippen LogP contribution >= 0.6 is 0 Å². The first kappa shape index (κ1) is 16.0. The van der Waals surface area contributed by atoms with Crippen molar-refractivity contribution >= 4 is 0 Å². The molecule has 0 aliphatic carbocycles. The molecule has 0 bridgehead atoms. The highest BCUT2D eigenvalue weighted by atomic mass is 16.5. The number of nitrogens with two attached hydrogens (primary N) is 1. The third kappa shape index (κ3) is 3.48. The minimum absolute atomic E-state index is 0.0802. The van der Waals surface area contributed by atoms with Crippen LogP contribution in [0.5, 0.6) is 5.75 Å². The zero-order valence-electron chi connectivity index (χ0n) is 13.1. The quantitative estimate of drug-likeness (QED) is 0.830. The summed E-state index contributed by atoms with van der Waals surface area (Å²) in [6.07, 6.45) is 0.967. The van der Waals surface area contributed by atoms with Crippen LogP contribution in [-0.2, 0) is 0 Å². The number of aryl methyl sites for hydroxylation is 2. The molecule has 0 heterocycles. The monoisotopic (exact) mass is 264 g/mol. The molecule has 0 aromatic heterocycles. The highest BCUT2D eigenvalue weighted by molar-refractivity contribution is 5.45. The van der Waals surface area contributed by atoms with E-state index in [1.165, 1.54) is 16.7 Å². The Bertz CT molecular complexity index is 427. The van der Waals surface area contributed by atoms with Crippen LogP contribution in [0.1, 0.15) is 43.0 Å². The minimum atomic E-state index is 0.0802. The summed E-state index contributed by atoms with van der Waals surface area (Å²) in [4.78, 5) is 0. The summed E-state index contributed by atoms with van der Waals surface area (Å²) in [7, 11) is 3.74. The van der Waals surface area contributed by atoms with Crippen LogP contribution in [0, 0.1) is 19.3 Å². The molecule has 1 aromatic carbocycles. The first-order valence-corrected chi connectivity index (χ1v) is 6.89. The Morgan fingerprint density at radius 2 is 1.95 bits per heavy atom. The third-order valence-electron chi connectivity index (χ3n) is 3.86. The maximum atomic E-state index is 5.76. The fourth-order valence-corrected chi connectivity index (χ4v) is 2.92. The van der Waals surface area contributed by atoms with E-state index in [-0.39, 0.29) is 11.5 Å². The van der Waals surface area contributed by atoms with E-state index >= 15 is 0 Å². The number of ether oxygens (including phenoxy) is 1. The minimum Gasteiger partial charge on any atom is -0.496 e. The lowest BCUT2D eigenvalue weighted by molar-refractivity contribution is 0.233. The predicted octanol–water partition coefficient (Wildman–Crippen LogP) is 2.95. The van der Waals surface area contributed by atoms with E-state index in [4.69, 9.17) is 10.5 Å². The lowest BCUT2D eigenvalue weighted by Gasteiger charge is -2.36. The van der Waals surface area contributed by atoms with Crippen LogP contribution in [0.3, 0.4) is 0 Å². The molecule has 1 atom stereocenters. The average molecular weight is 264 g/mol. The van der Waals surface area contributed by atoms with Crippen LogP contribution in [0.2, 0.25) is 0 Å². The molecule has 3 nitrogen and oxygen atoms in total.